The smallest absolute Gasteiger partial charge is 0.322 e. The zero-order chi connectivity index (χ0) is 7.98. The molecule has 0 aromatic carbocycles. The summed E-state index contributed by atoms with van der Waals surface area (Å²) in [6.07, 6.45) is 2.81. The number of carboxylic acid groups (broad SMARTS) is 1. The molecule has 4 nitrogen and oxygen atoms in total. The zero-order valence-electron chi connectivity index (χ0n) is 5.63. The second-order valence-electron chi connectivity index (χ2n) is 1.61. The maximum absolute atomic E-state index is 10.5. The number of carbonyl (C=O) groups excluding carboxylic acids is 1. The van der Waals surface area contributed by atoms with Gasteiger partial charge in [-0.15, -0.1) is 0 Å². The fraction of sp³-hybridized carbons (Fsp3) is 0.333. The van der Waals surface area contributed by atoms with Gasteiger partial charge in [-0.3, -0.25) is 9.59 Å². The molecule has 0 heterocycles. The second kappa shape index (κ2) is 4.55. The quantitative estimate of drug-likeness (QED) is 0.328. The summed E-state index contributed by atoms with van der Waals surface area (Å²) in [5.41, 5.74) is 0. The molecule has 1 amide bonds. The molecule has 4 heteroatoms. The summed E-state index contributed by atoms with van der Waals surface area (Å²) in [6, 6.07) is 0. The standard InChI is InChI=1S/C6H9NO3/c1-2-3-5(8)7-4-6(9)10/h2-3H,4H2,1H3,(H,7,8)(H,9,10)/b3-2+/i4+1,6+1,7+1. The molecule has 0 spiro atoms. The third-order valence-corrected chi connectivity index (χ3v) is 0.732. The van der Waals surface area contributed by atoms with Crippen molar-refractivity contribution in [2.45, 2.75) is 6.92 Å². The minimum absolute atomic E-state index is 0.330. The molecule has 2 N–H and O–H groups in total. The Labute approximate surface area is 58.5 Å². The predicted octanol–water partition coefficient (Wildman–Crippen LogP) is -0.237. The van der Waals surface area contributed by atoms with Gasteiger partial charge in [-0.2, -0.15) is 0 Å². The van der Waals surface area contributed by atoms with Gasteiger partial charge in [0.15, 0.2) is 0 Å². The topological polar surface area (TPSA) is 66.4 Å². The lowest BCUT2D eigenvalue weighted by Crippen LogP contribution is -2.27. The van der Waals surface area contributed by atoms with E-state index in [0.29, 0.717) is 0 Å². The number of hydrogen-bond acceptors (Lipinski definition) is 2. The molecule has 10 heavy (non-hydrogen) atoms. The summed E-state index contributed by atoms with van der Waals surface area (Å²) < 4.78 is 0. The van der Waals surface area contributed by atoms with Gasteiger partial charge in [0.05, 0.1) is 0 Å². The van der Waals surface area contributed by atoms with E-state index in [1.54, 1.807) is 6.92 Å². The second-order valence-corrected chi connectivity index (χ2v) is 1.61. The van der Waals surface area contributed by atoms with E-state index in [0.717, 1.165) is 0 Å². The molecule has 0 bridgehead atoms. The Morgan fingerprint density at radius 1 is 1.60 bits per heavy atom. The highest BCUT2D eigenvalue weighted by atomic mass is 16.5. The first kappa shape index (κ1) is 8.68. The molecule has 0 aliphatic heterocycles. The Morgan fingerprint density at radius 3 is 2.60 bits per heavy atom. The lowest BCUT2D eigenvalue weighted by molar-refractivity contribution is -0.137. The minimum Gasteiger partial charge on any atom is -0.480 e. The molecule has 0 aliphatic carbocycles. The number of allylic oxidation sites excluding steroid dienone is 1. The molecular weight excluding hydrogens is 137 g/mol. The first-order valence-electron chi connectivity index (χ1n) is 2.79. The molecule has 0 aromatic rings. The van der Waals surface area contributed by atoms with Crippen molar-refractivity contribution < 1.29 is 14.7 Å². The van der Waals surface area contributed by atoms with Crippen LogP contribution < -0.4 is 5.32 Å². The zero-order valence-corrected chi connectivity index (χ0v) is 5.63. The lowest BCUT2D eigenvalue weighted by atomic mass is 10.5. The van der Waals surface area contributed by atoms with Crippen molar-refractivity contribution in [2.24, 2.45) is 0 Å². The summed E-state index contributed by atoms with van der Waals surface area (Å²) in [5.74, 6) is -1.43. The molecular formula is C6H9NO3. The summed E-state index contributed by atoms with van der Waals surface area (Å²) in [5, 5.41) is 10.2. The van der Waals surface area contributed by atoms with Crippen LogP contribution in [0.4, 0.5) is 0 Å². The van der Waals surface area contributed by atoms with Crippen molar-refractivity contribution in [3.8, 4) is 0 Å². The maximum atomic E-state index is 10.5. The van der Waals surface area contributed by atoms with Crippen molar-refractivity contribution in [3.63, 3.8) is 0 Å². The molecule has 0 aliphatic rings. The fourth-order valence-corrected chi connectivity index (χ4v) is 0.373. The van der Waals surface area contributed by atoms with Crippen LogP contribution in [0.25, 0.3) is 0 Å². The molecule has 56 valence electrons. The van der Waals surface area contributed by atoms with E-state index >= 15 is 0 Å². The van der Waals surface area contributed by atoms with E-state index in [1.807, 2.05) is 0 Å². The fourth-order valence-electron chi connectivity index (χ4n) is 0.373. The van der Waals surface area contributed by atoms with Crippen molar-refractivity contribution in [1.82, 2.24) is 5.32 Å². The van der Waals surface area contributed by atoms with Gasteiger partial charge in [0.1, 0.15) is 6.54 Å². The number of aliphatic carboxylic acids is 1. The van der Waals surface area contributed by atoms with Gasteiger partial charge < -0.3 is 10.4 Å². The summed E-state index contributed by atoms with van der Waals surface area (Å²) in [6.45, 7) is 1.35. The van der Waals surface area contributed by atoms with E-state index < -0.39 is 5.97 Å². The van der Waals surface area contributed by atoms with Crippen LogP contribution in [0.3, 0.4) is 0 Å². The van der Waals surface area contributed by atoms with Crippen molar-refractivity contribution in [2.75, 3.05) is 6.54 Å². The molecule has 0 saturated carbocycles. The van der Waals surface area contributed by atoms with Crippen LogP contribution >= 0.6 is 0 Å². The van der Waals surface area contributed by atoms with Crippen molar-refractivity contribution in [1.29, 1.82) is 0 Å². The highest BCUT2D eigenvalue weighted by Crippen LogP contribution is 1.70. The van der Waals surface area contributed by atoms with Crippen LogP contribution in [0, 0.1) is 0 Å². The van der Waals surface area contributed by atoms with Gasteiger partial charge in [0.25, 0.3) is 0 Å². The number of carboxylic acids is 1. The van der Waals surface area contributed by atoms with Gasteiger partial charge in [-0.1, -0.05) is 6.08 Å². The SMILES string of the molecule is C/C=C/C(=O)[15NH][13CH2][13C](=O)O. The van der Waals surface area contributed by atoms with Gasteiger partial charge in [-0.05, 0) is 13.0 Å². The number of nitrogens with one attached hydrogen (secondary N) is 1. The Bertz CT molecular complexity index is 162. The van der Waals surface area contributed by atoms with Crippen LogP contribution in [0.5, 0.6) is 0 Å². The Hall–Kier alpha value is -1.32. The average molecular weight is 146 g/mol. The summed E-state index contributed by atoms with van der Waals surface area (Å²) in [4.78, 5) is 20.4. The number of amides is 1. The average Bonchev–Trinajstić information content (AvgIpc) is 1.85. The third-order valence-electron chi connectivity index (χ3n) is 0.732. The molecule has 0 aromatic heterocycles. The number of carbonyl (C=O) groups is 2. The largest absolute Gasteiger partial charge is 0.480 e. The molecule has 0 radical (unpaired) electrons. The van der Waals surface area contributed by atoms with E-state index in [2.05, 4.69) is 5.32 Å². The normalized spacial score (nSPS) is 9.70. The minimum atomic E-state index is -1.04. The van der Waals surface area contributed by atoms with Gasteiger partial charge in [0, 0.05) is 0 Å². The first-order valence-corrected chi connectivity index (χ1v) is 2.79. The molecule has 0 saturated heterocycles. The number of hydrogen-bond donors (Lipinski definition) is 2. The molecule has 0 rings (SSSR count). The van der Waals surface area contributed by atoms with Crippen LogP contribution in [0.15, 0.2) is 12.2 Å². The van der Waals surface area contributed by atoms with Gasteiger partial charge in [-0.25, -0.2) is 0 Å². The van der Waals surface area contributed by atoms with Crippen LogP contribution in [-0.4, -0.2) is 23.5 Å². The van der Waals surface area contributed by atoms with E-state index in [4.69, 9.17) is 5.11 Å². The van der Waals surface area contributed by atoms with Crippen LogP contribution in [0.1, 0.15) is 6.92 Å². The summed E-state index contributed by atoms with van der Waals surface area (Å²) >= 11 is 0. The molecule has 0 unspecified atom stereocenters. The number of rotatable bonds is 3. The third kappa shape index (κ3) is 4.83. The maximum Gasteiger partial charge on any atom is 0.322 e. The molecule has 0 fully saturated rings. The lowest BCUT2D eigenvalue weighted by Gasteiger charge is -1.94. The van der Waals surface area contributed by atoms with E-state index in [1.165, 1.54) is 12.2 Å². The van der Waals surface area contributed by atoms with Gasteiger partial charge in [0.2, 0.25) is 5.91 Å². The van der Waals surface area contributed by atoms with E-state index in [-0.39, 0.29) is 12.5 Å². The monoisotopic (exact) mass is 146 g/mol. The summed E-state index contributed by atoms with van der Waals surface area (Å²) in [7, 11) is 0. The highest BCUT2D eigenvalue weighted by Gasteiger charge is 1.97. The van der Waals surface area contributed by atoms with Crippen molar-refractivity contribution >= 4 is 11.9 Å². The predicted molar refractivity (Wildman–Crippen MR) is 35.5 cm³/mol. The molecule has 0 atom stereocenters. The first-order chi connectivity index (χ1) is 4.66. The van der Waals surface area contributed by atoms with E-state index in [9.17, 15) is 9.59 Å². The van der Waals surface area contributed by atoms with Crippen LogP contribution in [0.2, 0.25) is 0 Å². The van der Waals surface area contributed by atoms with Crippen molar-refractivity contribution in [3.05, 3.63) is 12.2 Å². The Kier molecular flexibility index (Phi) is 3.95. The Balaban J connectivity index is 3.50. The van der Waals surface area contributed by atoms with Gasteiger partial charge >= 0.3 is 5.97 Å². The van der Waals surface area contributed by atoms with Crippen LogP contribution in [-0.2, 0) is 9.59 Å². The highest BCUT2D eigenvalue weighted by molar-refractivity contribution is 5.89. The Morgan fingerprint density at radius 2 is 2.20 bits per heavy atom.